The molecule has 1 N–H and O–H groups in total. The summed E-state index contributed by atoms with van der Waals surface area (Å²) in [6.45, 7) is 4.79. The molecule has 0 aromatic carbocycles. The van der Waals surface area contributed by atoms with Gasteiger partial charge in [0.1, 0.15) is 6.17 Å². The third kappa shape index (κ3) is 3.42. The highest BCUT2D eigenvalue weighted by molar-refractivity contribution is 9.12. The van der Waals surface area contributed by atoms with E-state index < -0.39 is 76.3 Å². The number of halogens is 3. The third-order valence-electron chi connectivity index (χ3n) is 8.98. The topological polar surface area (TPSA) is 107 Å². The molecule has 0 amide bonds. The van der Waals surface area contributed by atoms with Gasteiger partial charge in [-0.2, -0.15) is 0 Å². The first-order valence-electron chi connectivity index (χ1n) is 11.7. The molecule has 0 spiro atoms. The highest BCUT2D eigenvalue weighted by Crippen LogP contribution is 2.70. The number of ketones is 2. The van der Waals surface area contributed by atoms with E-state index in [-0.39, 0.29) is 35.7 Å². The van der Waals surface area contributed by atoms with E-state index >= 15 is 8.78 Å². The van der Waals surface area contributed by atoms with Gasteiger partial charge in [-0.1, -0.05) is 13.0 Å². The predicted molar refractivity (Wildman–Crippen MR) is 123 cm³/mol. The predicted octanol–water partition coefficient (Wildman–Crippen LogP) is 3.46. The highest BCUT2D eigenvalue weighted by Gasteiger charge is 2.76. The molecule has 7 nitrogen and oxygen atoms in total. The number of carbonyl (C=O) groups excluding carboxylic acids is 4. The summed E-state index contributed by atoms with van der Waals surface area (Å²) in [5.74, 6) is -4.21. The number of ether oxygens (including phenoxy) is 2. The Balaban J connectivity index is 1.82. The first-order valence-corrected chi connectivity index (χ1v) is 12.5. The van der Waals surface area contributed by atoms with Crippen LogP contribution in [0.5, 0.6) is 0 Å². The molecule has 0 aliphatic heterocycles. The number of fused-ring (bicyclic) bond motifs is 5. The zero-order valence-corrected chi connectivity index (χ0v) is 21.6. The molecule has 3 fully saturated rings. The lowest BCUT2D eigenvalue weighted by molar-refractivity contribution is -0.228. The lowest BCUT2D eigenvalue weighted by Crippen LogP contribution is -2.70. The van der Waals surface area contributed by atoms with Crippen LogP contribution in [0.2, 0.25) is 0 Å². The van der Waals surface area contributed by atoms with Crippen molar-refractivity contribution in [3.05, 3.63) is 22.2 Å². The van der Waals surface area contributed by atoms with Crippen LogP contribution < -0.4 is 0 Å². The van der Waals surface area contributed by atoms with Crippen molar-refractivity contribution in [2.24, 2.45) is 22.7 Å². The lowest BCUT2D eigenvalue weighted by atomic mass is 9.44. The molecule has 3 saturated carbocycles. The number of allylic oxidation sites excluding steroid dienone is 4. The smallest absolute Gasteiger partial charge is 0.303 e. The second-order valence-corrected chi connectivity index (χ2v) is 11.5. The molecule has 10 heteroatoms. The third-order valence-corrected chi connectivity index (χ3v) is 9.60. The quantitative estimate of drug-likeness (QED) is 0.526. The summed E-state index contributed by atoms with van der Waals surface area (Å²) in [7, 11) is 0. The number of hydrogen-bond donors (Lipinski definition) is 1. The van der Waals surface area contributed by atoms with Crippen molar-refractivity contribution in [2.75, 3.05) is 6.61 Å². The molecule has 35 heavy (non-hydrogen) atoms. The van der Waals surface area contributed by atoms with E-state index in [4.69, 9.17) is 9.47 Å². The van der Waals surface area contributed by atoms with Crippen LogP contribution >= 0.6 is 15.9 Å². The standard InChI is InChI=1S/C25H29BrF2O7/c1-12(29)34-11-21(33)24(35-13(2)30)6-5-14-15-7-18(27)16-8-19(31)17(26)9-23(16,4)25(15,28)20(32)10-22(14,24)3/h8-9,14-15,18,20,32H,5-7,10-11H2,1-4H3/t14-,15-,18+,20-,22-,23-,24-,25?/m0/s1. The number of aliphatic hydroxyl groups excluding tert-OH is 1. The SMILES string of the molecule is CC(=O)OCC(=O)[C@@]1(OC(C)=O)CC[C@H]2[C@@H]3C[C@@H](F)C4=CC(=O)C(Br)=C[C@]4(C)C3(F)[C@@H](O)C[C@@]21C. The molecule has 192 valence electrons. The van der Waals surface area contributed by atoms with Gasteiger partial charge in [-0.3, -0.25) is 19.2 Å². The van der Waals surface area contributed by atoms with E-state index in [0.717, 1.165) is 19.9 Å². The minimum absolute atomic E-state index is 0.0118. The van der Waals surface area contributed by atoms with Crippen LogP contribution in [0.4, 0.5) is 8.78 Å². The Bertz CT molecular complexity index is 1070. The van der Waals surface area contributed by atoms with Crippen LogP contribution in [0.3, 0.4) is 0 Å². The molecular weight excluding hydrogens is 530 g/mol. The Morgan fingerprint density at radius 3 is 2.46 bits per heavy atom. The van der Waals surface area contributed by atoms with Crippen LogP contribution in [0, 0.1) is 22.7 Å². The Kier molecular flexibility index (Phi) is 6.19. The van der Waals surface area contributed by atoms with E-state index in [1.807, 2.05) is 0 Å². The fourth-order valence-corrected chi connectivity index (χ4v) is 8.03. The van der Waals surface area contributed by atoms with Crippen molar-refractivity contribution in [2.45, 2.75) is 76.9 Å². The van der Waals surface area contributed by atoms with Crippen molar-refractivity contribution >= 4 is 39.4 Å². The van der Waals surface area contributed by atoms with Crippen LogP contribution in [0.15, 0.2) is 22.2 Å². The molecule has 0 radical (unpaired) electrons. The summed E-state index contributed by atoms with van der Waals surface area (Å²) >= 11 is 3.14. The van der Waals surface area contributed by atoms with Gasteiger partial charge in [0.2, 0.25) is 5.78 Å². The maximum Gasteiger partial charge on any atom is 0.303 e. The maximum absolute atomic E-state index is 17.3. The number of hydrogen-bond acceptors (Lipinski definition) is 7. The molecule has 4 aliphatic rings. The number of Topliss-reactive ketones (excluding diaryl/α,β-unsaturated/α-hetero) is 1. The summed E-state index contributed by atoms with van der Waals surface area (Å²) in [5, 5.41) is 11.4. The summed E-state index contributed by atoms with van der Waals surface area (Å²) in [6.07, 6.45) is -1.11. The second-order valence-electron chi connectivity index (χ2n) is 10.6. The molecule has 4 aliphatic carbocycles. The van der Waals surface area contributed by atoms with Crippen molar-refractivity contribution in [1.82, 2.24) is 0 Å². The molecule has 0 saturated heterocycles. The molecule has 1 unspecified atom stereocenters. The van der Waals surface area contributed by atoms with Gasteiger partial charge in [0.05, 0.1) is 10.6 Å². The summed E-state index contributed by atoms with van der Waals surface area (Å²) < 4.78 is 43.5. The second kappa shape index (κ2) is 8.30. The van der Waals surface area contributed by atoms with E-state index in [2.05, 4.69) is 15.9 Å². The van der Waals surface area contributed by atoms with E-state index in [1.54, 1.807) is 6.92 Å². The van der Waals surface area contributed by atoms with Gasteiger partial charge in [-0.15, -0.1) is 0 Å². The Morgan fingerprint density at radius 2 is 1.86 bits per heavy atom. The van der Waals surface area contributed by atoms with Crippen molar-refractivity contribution in [3.63, 3.8) is 0 Å². The number of alkyl halides is 2. The maximum atomic E-state index is 17.3. The van der Waals surface area contributed by atoms with Gasteiger partial charge in [0, 0.05) is 30.6 Å². The Morgan fingerprint density at radius 1 is 1.20 bits per heavy atom. The fraction of sp³-hybridized carbons (Fsp3) is 0.680. The van der Waals surface area contributed by atoms with Gasteiger partial charge in [0.15, 0.2) is 23.7 Å². The van der Waals surface area contributed by atoms with E-state index in [1.165, 1.54) is 13.0 Å². The normalized spacial score (nSPS) is 44.3. The van der Waals surface area contributed by atoms with E-state index in [0.29, 0.717) is 0 Å². The first kappa shape index (κ1) is 26.1. The largest absolute Gasteiger partial charge is 0.458 e. The average Bonchev–Trinajstić information content (AvgIpc) is 3.03. The van der Waals surface area contributed by atoms with Crippen LogP contribution in [-0.2, 0) is 28.7 Å². The molecule has 0 aromatic rings. The van der Waals surface area contributed by atoms with Crippen LogP contribution in [-0.4, -0.2) is 58.8 Å². The summed E-state index contributed by atoms with van der Waals surface area (Å²) in [6, 6.07) is 0. The average molecular weight is 559 g/mol. The van der Waals surface area contributed by atoms with E-state index in [9.17, 15) is 24.3 Å². The van der Waals surface area contributed by atoms with Gasteiger partial charge in [-0.05, 0) is 66.1 Å². The van der Waals surface area contributed by atoms with Gasteiger partial charge in [-0.25, -0.2) is 8.78 Å². The summed E-state index contributed by atoms with van der Waals surface area (Å²) in [4.78, 5) is 49.1. The van der Waals surface area contributed by atoms with Gasteiger partial charge < -0.3 is 14.6 Å². The fourth-order valence-electron chi connectivity index (χ4n) is 7.46. The minimum atomic E-state index is -2.34. The number of aliphatic hydroxyl groups is 1. The van der Waals surface area contributed by atoms with Gasteiger partial charge >= 0.3 is 11.9 Å². The zero-order valence-electron chi connectivity index (χ0n) is 20.0. The Labute approximate surface area is 210 Å². The minimum Gasteiger partial charge on any atom is -0.458 e. The first-order chi connectivity index (χ1) is 16.1. The lowest BCUT2D eigenvalue weighted by Gasteiger charge is -2.63. The molecule has 0 heterocycles. The van der Waals surface area contributed by atoms with Crippen molar-refractivity contribution < 1.29 is 42.5 Å². The molecule has 0 aromatic heterocycles. The molecule has 0 bridgehead atoms. The van der Waals surface area contributed by atoms with Gasteiger partial charge in [0.25, 0.3) is 0 Å². The molecular formula is C25H29BrF2O7. The number of carbonyl (C=O) groups is 4. The van der Waals surface area contributed by atoms with Crippen LogP contribution in [0.25, 0.3) is 0 Å². The van der Waals surface area contributed by atoms with Crippen molar-refractivity contribution in [3.8, 4) is 0 Å². The number of rotatable bonds is 4. The van der Waals surface area contributed by atoms with Crippen LogP contribution in [0.1, 0.15) is 53.4 Å². The zero-order chi connectivity index (χ0) is 26.1. The van der Waals surface area contributed by atoms with Crippen molar-refractivity contribution in [1.29, 1.82) is 0 Å². The number of esters is 2. The Hall–Kier alpha value is -1.94. The summed E-state index contributed by atoms with van der Waals surface area (Å²) in [5.41, 5.74) is -6.95. The molecule has 8 atom stereocenters. The molecule has 4 rings (SSSR count). The monoisotopic (exact) mass is 558 g/mol. The highest BCUT2D eigenvalue weighted by atomic mass is 79.9.